The van der Waals surface area contributed by atoms with E-state index in [1.54, 1.807) is 30.1 Å². The largest absolute Gasteiger partial charge is 0.497 e. The third-order valence-electron chi connectivity index (χ3n) is 3.66. The van der Waals surface area contributed by atoms with E-state index in [0.717, 1.165) is 16.9 Å². The maximum atomic E-state index is 12.2. The summed E-state index contributed by atoms with van der Waals surface area (Å²) in [4.78, 5) is 12.2. The first-order valence-electron chi connectivity index (χ1n) is 7.93. The summed E-state index contributed by atoms with van der Waals surface area (Å²) < 4.78 is 6.93. The number of benzene rings is 2. The maximum absolute atomic E-state index is 12.2. The Kier molecular flexibility index (Phi) is 5.26. The summed E-state index contributed by atoms with van der Waals surface area (Å²) in [6, 6.07) is 19.3. The Hall–Kier alpha value is -3.34. The lowest BCUT2D eigenvalue weighted by Crippen LogP contribution is -2.13. The van der Waals surface area contributed by atoms with Gasteiger partial charge in [-0.15, -0.1) is 0 Å². The van der Waals surface area contributed by atoms with Crippen LogP contribution < -0.4 is 10.1 Å². The smallest absolute Gasteiger partial charge is 0.249 e. The fourth-order valence-corrected chi connectivity index (χ4v) is 2.41. The lowest BCUT2D eigenvalue weighted by molar-refractivity contribution is -0.111. The van der Waals surface area contributed by atoms with E-state index in [0.29, 0.717) is 12.4 Å². The predicted octanol–water partition coefficient (Wildman–Crippen LogP) is 3.59. The molecule has 126 valence electrons. The monoisotopic (exact) mass is 333 g/mol. The van der Waals surface area contributed by atoms with Gasteiger partial charge in [0.25, 0.3) is 0 Å². The first-order valence-corrected chi connectivity index (χ1v) is 7.93. The molecule has 0 aliphatic rings. The summed E-state index contributed by atoms with van der Waals surface area (Å²) in [5.74, 6) is 1.20. The Morgan fingerprint density at radius 1 is 1.16 bits per heavy atom. The first kappa shape index (κ1) is 16.5. The zero-order valence-corrected chi connectivity index (χ0v) is 13.9. The van der Waals surface area contributed by atoms with E-state index in [4.69, 9.17) is 4.74 Å². The molecule has 1 N–H and O–H groups in total. The van der Waals surface area contributed by atoms with Crippen LogP contribution in [-0.4, -0.2) is 22.8 Å². The summed E-state index contributed by atoms with van der Waals surface area (Å²) in [5.41, 5.74) is 2.01. The highest BCUT2D eigenvalue weighted by molar-refractivity contribution is 6.01. The average molecular weight is 333 g/mol. The molecule has 0 bridgehead atoms. The molecular formula is C20H19N3O2. The van der Waals surface area contributed by atoms with Gasteiger partial charge in [0.15, 0.2) is 0 Å². The number of methoxy groups -OCH3 is 1. The van der Waals surface area contributed by atoms with E-state index in [9.17, 15) is 4.79 Å². The summed E-state index contributed by atoms with van der Waals surface area (Å²) in [6.07, 6.45) is 4.91. The van der Waals surface area contributed by atoms with Crippen LogP contribution in [0.15, 0.2) is 72.9 Å². The van der Waals surface area contributed by atoms with Gasteiger partial charge in [-0.1, -0.05) is 42.5 Å². The van der Waals surface area contributed by atoms with Gasteiger partial charge in [-0.3, -0.25) is 4.79 Å². The molecule has 0 atom stereocenters. The second-order valence-corrected chi connectivity index (χ2v) is 5.46. The molecule has 0 fully saturated rings. The number of nitrogens with zero attached hydrogens (tertiary/aromatic N) is 2. The normalized spacial score (nSPS) is 10.8. The Labute approximate surface area is 146 Å². The van der Waals surface area contributed by atoms with Crippen LogP contribution in [0.4, 0.5) is 5.82 Å². The van der Waals surface area contributed by atoms with Crippen molar-refractivity contribution in [3.05, 3.63) is 84.1 Å². The number of hydrogen-bond donors (Lipinski definition) is 1. The van der Waals surface area contributed by atoms with Crippen molar-refractivity contribution >= 4 is 17.8 Å². The maximum Gasteiger partial charge on any atom is 0.249 e. The molecule has 1 heterocycles. The average Bonchev–Trinajstić information content (AvgIpc) is 3.07. The molecule has 0 saturated heterocycles. The molecule has 0 unspecified atom stereocenters. The zero-order chi connectivity index (χ0) is 17.5. The van der Waals surface area contributed by atoms with Crippen LogP contribution in [0.1, 0.15) is 11.1 Å². The van der Waals surface area contributed by atoms with Crippen molar-refractivity contribution in [3.8, 4) is 5.75 Å². The van der Waals surface area contributed by atoms with E-state index in [1.807, 2.05) is 54.6 Å². The summed E-state index contributed by atoms with van der Waals surface area (Å²) >= 11 is 0. The number of aromatic nitrogens is 2. The van der Waals surface area contributed by atoms with E-state index >= 15 is 0 Å². The molecule has 1 amide bonds. The summed E-state index contributed by atoms with van der Waals surface area (Å²) in [7, 11) is 1.61. The van der Waals surface area contributed by atoms with E-state index < -0.39 is 0 Å². The van der Waals surface area contributed by atoms with Crippen molar-refractivity contribution in [1.82, 2.24) is 9.78 Å². The fourth-order valence-electron chi connectivity index (χ4n) is 2.41. The van der Waals surface area contributed by atoms with E-state index in [2.05, 4.69) is 10.4 Å². The molecule has 3 rings (SSSR count). The number of carbonyl (C=O) groups is 1. The second kappa shape index (κ2) is 7.97. The number of nitrogens with one attached hydrogen (secondary N) is 1. The molecule has 1 aromatic heterocycles. The number of anilines is 1. The molecule has 0 aliphatic heterocycles. The highest BCUT2D eigenvalue weighted by atomic mass is 16.5. The van der Waals surface area contributed by atoms with Gasteiger partial charge in [0.05, 0.1) is 19.9 Å². The molecule has 5 nitrogen and oxygen atoms in total. The molecule has 0 spiro atoms. The van der Waals surface area contributed by atoms with Gasteiger partial charge in [0.1, 0.15) is 11.6 Å². The standard InChI is InChI=1S/C20H19N3O2/c1-25-18-9-5-8-16(14-18)10-11-20(24)22-19-12-13-21-23(19)15-17-6-3-2-4-7-17/h2-14H,15H2,1H3,(H,22,24)/b11-10+. The highest BCUT2D eigenvalue weighted by Gasteiger charge is 2.05. The second-order valence-electron chi connectivity index (χ2n) is 5.46. The Bertz CT molecular complexity index is 869. The van der Waals surface area contributed by atoms with Gasteiger partial charge in [0.2, 0.25) is 5.91 Å². The Morgan fingerprint density at radius 2 is 2.00 bits per heavy atom. The van der Waals surface area contributed by atoms with E-state index in [-0.39, 0.29) is 5.91 Å². The minimum absolute atomic E-state index is 0.211. The van der Waals surface area contributed by atoms with Crippen molar-refractivity contribution in [2.75, 3.05) is 12.4 Å². The molecule has 3 aromatic rings. The third kappa shape index (κ3) is 4.57. The molecule has 0 aliphatic carbocycles. The van der Waals surface area contributed by atoms with Crippen molar-refractivity contribution in [3.63, 3.8) is 0 Å². The van der Waals surface area contributed by atoms with Crippen molar-refractivity contribution in [2.45, 2.75) is 6.54 Å². The van der Waals surface area contributed by atoms with Crippen LogP contribution in [0.2, 0.25) is 0 Å². The van der Waals surface area contributed by atoms with Crippen LogP contribution in [0.3, 0.4) is 0 Å². The van der Waals surface area contributed by atoms with E-state index in [1.165, 1.54) is 6.08 Å². The van der Waals surface area contributed by atoms with Crippen LogP contribution in [0.5, 0.6) is 5.75 Å². The van der Waals surface area contributed by atoms with Gasteiger partial charge < -0.3 is 10.1 Å². The lowest BCUT2D eigenvalue weighted by atomic mass is 10.2. The fraction of sp³-hybridized carbons (Fsp3) is 0.100. The SMILES string of the molecule is COc1cccc(/C=C/C(=O)Nc2ccnn2Cc2ccccc2)c1. The van der Waals surface area contributed by atoms with Crippen LogP contribution in [0.25, 0.3) is 6.08 Å². The molecule has 2 aromatic carbocycles. The minimum Gasteiger partial charge on any atom is -0.497 e. The number of ether oxygens (including phenoxy) is 1. The predicted molar refractivity (Wildman–Crippen MR) is 98.4 cm³/mol. The van der Waals surface area contributed by atoms with Gasteiger partial charge in [-0.05, 0) is 29.3 Å². The molecular weight excluding hydrogens is 314 g/mol. The van der Waals surface area contributed by atoms with Gasteiger partial charge in [0, 0.05) is 12.1 Å². The highest BCUT2D eigenvalue weighted by Crippen LogP contribution is 2.14. The van der Waals surface area contributed by atoms with Crippen molar-refractivity contribution in [1.29, 1.82) is 0 Å². The van der Waals surface area contributed by atoms with Crippen LogP contribution in [0, 0.1) is 0 Å². The minimum atomic E-state index is -0.211. The van der Waals surface area contributed by atoms with Crippen molar-refractivity contribution in [2.24, 2.45) is 0 Å². The van der Waals surface area contributed by atoms with Gasteiger partial charge >= 0.3 is 0 Å². The van der Waals surface area contributed by atoms with Crippen LogP contribution in [-0.2, 0) is 11.3 Å². The molecule has 0 radical (unpaired) electrons. The lowest BCUT2D eigenvalue weighted by Gasteiger charge is -2.07. The number of amides is 1. The number of rotatable bonds is 6. The van der Waals surface area contributed by atoms with Crippen LogP contribution >= 0.6 is 0 Å². The third-order valence-corrected chi connectivity index (χ3v) is 3.66. The first-order chi connectivity index (χ1) is 12.2. The molecule has 0 saturated carbocycles. The summed E-state index contributed by atoms with van der Waals surface area (Å²) in [6.45, 7) is 0.600. The summed E-state index contributed by atoms with van der Waals surface area (Å²) in [5, 5.41) is 7.12. The van der Waals surface area contributed by atoms with Crippen molar-refractivity contribution < 1.29 is 9.53 Å². The topological polar surface area (TPSA) is 56.1 Å². The van der Waals surface area contributed by atoms with Gasteiger partial charge in [-0.25, -0.2) is 4.68 Å². The Balaban J connectivity index is 1.65. The quantitative estimate of drug-likeness (QED) is 0.701. The molecule has 25 heavy (non-hydrogen) atoms. The number of hydrogen-bond acceptors (Lipinski definition) is 3. The Morgan fingerprint density at radius 3 is 2.80 bits per heavy atom. The molecule has 5 heteroatoms. The van der Waals surface area contributed by atoms with Gasteiger partial charge in [-0.2, -0.15) is 5.10 Å². The zero-order valence-electron chi connectivity index (χ0n) is 13.9. The number of carbonyl (C=O) groups excluding carboxylic acids is 1.